The third-order valence-electron chi connectivity index (χ3n) is 5.13. The number of aliphatic hydroxyl groups is 1. The van der Waals surface area contributed by atoms with Crippen LogP contribution < -0.4 is 0 Å². The van der Waals surface area contributed by atoms with Gasteiger partial charge in [0, 0.05) is 32.0 Å². The van der Waals surface area contributed by atoms with E-state index in [1.54, 1.807) is 23.4 Å². The van der Waals surface area contributed by atoms with Crippen molar-refractivity contribution in [2.45, 2.75) is 37.3 Å². The van der Waals surface area contributed by atoms with Gasteiger partial charge in [-0.2, -0.15) is 4.31 Å². The van der Waals surface area contributed by atoms with Crippen molar-refractivity contribution in [3.63, 3.8) is 0 Å². The summed E-state index contributed by atoms with van der Waals surface area (Å²) in [5, 5.41) is 10.7. The van der Waals surface area contributed by atoms with Crippen molar-refractivity contribution in [3.8, 4) is 0 Å². The van der Waals surface area contributed by atoms with Crippen LogP contribution in [-0.2, 0) is 21.2 Å². The van der Waals surface area contributed by atoms with E-state index in [1.807, 2.05) is 6.07 Å². The number of pyridine rings is 1. The smallest absolute Gasteiger partial charge is 0.227 e. The van der Waals surface area contributed by atoms with Crippen molar-refractivity contribution in [1.29, 1.82) is 0 Å². The third-order valence-corrected chi connectivity index (χ3v) is 6.47. The Kier molecular flexibility index (Phi) is 4.63. The van der Waals surface area contributed by atoms with Crippen molar-refractivity contribution in [3.05, 3.63) is 30.1 Å². The summed E-state index contributed by atoms with van der Waals surface area (Å²) >= 11 is 0. The molecule has 1 aromatic rings. The first-order valence-electron chi connectivity index (χ1n) is 8.15. The van der Waals surface area contributed by atoms with Gasteiger partial charge in [-0.3, -0.25) is 9.78 Å². The maximum Gasteiger partial charge on any atom is 0.227 e. The van der Waals surface area contributed by atoms with Crippen LogP contribution in [0.3, 0.4) is 0 Å². The Morgan fingerprint density at radius 3 is 2.83 bits per heavy atom. The SMILES string of the molecule is CS(=O)(=O)N1CCC[C@@]12CCN(C(=O)Cc1cccnc1)C[C@@H]2O. The average Bonchev–Trinajstić information content (AvgIpc) is 2.96. The fraction of sp³-hybridized carbons (Fsp3) is 0.625. The second-order valence-electron chi connectivity index (χ2n) is 6.69. The molecule has 132 valence electrons. The van der Waals surface area contributed by atoms with Crippen LogP contribution in [0.4, 0.5) is 0 Å². The zero-order valence-electron chi connectivity index (χ0n) is 13.8. The number of piperidine rings is 1. The van der Waals surface area contributed by atoms with E-state index in [4.69, 9.17) is 0 Å². The molecule has 2 aliphatic rings. The van der Waals surface area contributed by atoms with E-state index in [0.29, 0.717) is 25.9 Å². The molecule has 2 atom stereocenters. The first-order valence-corrected chi connectivity index (χ1v) is 10.0. The molecule has 7 nitrogen and oxygen atoms in total. The zero-order chi connectivity index (χ0) is 17.4. The fourth-order valence-corrected chi connectivity index (χ4v) is 5.36. The van der Waals surface area contributed by atoms with Gasteiger partial charge in [-0.1, -0.05) is 6.07 Å². The highest BCUT2D eigenvalue weighted by Gasteiger charge is 2.53. The molecule has 0 aliphatic carbocycles. The second-order valence-corrected chi connectivity index (χ2v) is 8.59. The molecular weight excluding hydrogens is 330 g/mol. The lowest BCUT2D eigenvalue weighted by molar-refractivity contribution is -0.137. The minimum absolute atomic E-state index is 0.0687. The van der Waals surface area contributed by atoms with Gasteiger partial charge in [0.05, 0.1) is 24.3 Å². The third kappa shape index (κ3) is 3.18. The van der Waals surface area contributed by atoms with Gasteiger partial charge in [-0.15, -0.1) is 0 Å². The van der Waals surface area contributed by atoms with Crippen molar-refractivity contribution in [2.75, 3.05) is 25.9 Å². The Hall–Kier alpha value is -1.51. The molecule has 2 aliphatic heterocycles. The Morgan fingerprint density at radius 2 is 2.21 bits per heavy atom. The van der Waals surface area contributed by atoms with E-state index in [1.165, 1.54) is 10.6 Å². The summed E-state index contributed by atoms with van der Waals surface area (Å²) in [6.45, 7) is 1.08. The van der Waals surface area contributed by atoms with Gasteiger partial charge in [0.1, 0.15) is 0 Å². The summed E-state index contributed by atoms with van der Waals surface area (Å²) < 4.78 is 25.5. The predicted octanol–water partition coefficient (Wildman–Crippen LogP) is 0.0115. The molecule has 0 aromatic carbocycles. The lowest BCUT2D eigenvalue weighted by atomic mass is 9.83. The largest absolute Gasteiger partial charge is 0.389 e. The quantitative estimate of drug-likeness (QED) is 0.827. The topological polar surface area (TPSA) is 90.8 Å². The number of hydrogen-bond acceptors (Lipinski definition) is 5. The average molecular weight is 353 g/mol. The second kappa shape index (κ2) is 6.42. The van der Waals surface area contributed by atoms with Crippen LogP contribution in [0, 0.1) is 0 Å². The number of aliphatic hydroxyl groups excluding tert-OH is 1. The maximum absolute atomic E-state index is 12.4. The van der Waals surface area contributed by atoms with Gasteiger partial charge in [0.25, 0.3) is 0 Å². The number of aromatic nitrogens is 1. The van der Waals surface area contributed by atoms with E-state index in [2.05, 4.69) is 4.98 Å². The Morgan fingerprint density at radius 1 is 1.42 bits per heavy atom. The zero-order valence-corrected chi connectivity index (χ0v) is 14.6. The first-order chi connectivity index (χ1) is 11.3. The molecule has 2 fully saturated rings. The van der Waals surface area contributed by atoms with Gasteiger partial charge in [-0.25, -0.2) is 8.42 Å². The fourth-order valence-electron chi connectivity index (χ4n) is 3.94. The summed E-state index contributed by atoms with van der Waals surface area (Å²) in [6.07, 6.45) is 5.74. The van der Waals surface area contributed by atoms with Crippen molar-refractivity contribution >= 4 is 15.9 Å². The van der Waals surface area contributed by atoms with Crippen molar-refractivity contribution < 1.29 is 18.3 Å². The van der Waals surface area contributed by atoms with Crippen LogP contribution in [0.2, 0.25) is 0 Å². The summed E-state index contributed by atoms with van der Waals surface area (Å²) in [5.41, 5.74) is 0.0782. The Balaban J connectivity index is 1.70. The van der Waals surface area contributed by atoms with Crippen LogP contribution in [0.15, 0.2) is 24.5 Å². The maximum atomic E-state index is 12.4. The number of amides is 1. The summed E-state index contributed by atoms with van der Waals surface area (Å²) in [6, 6.07) is 3.63. The summed E-state index contributed by atoms with van der Waals surface area (Å²) in [4.78, 5) is 18.1. The molecule has 0 saturated carbocycles. The molecule has 8 heteroatoms. The van der Waals surface area contributed by atoms with Gasteiger partial charge < -0.3 is 10.0 Å². The van der Waals surface area contributed by atoms with Crippen LogP contribution in [0.25, 0.3) is 0 Å². The summed E-state index contributed by atoms with van der Waals surface area (Å²) in [5.74, 6) is -0.0687. The molecule has 1 N–H and O–H groups in total. The molecule has 24 heavy (non-hydrogen) atoms. The van der Waals surface area contributed by atoms with E-state index >= 15 is 0 Å². The number of carbonyl (C=O) groups excluding carboxylic acids is 1. The van der Waals surface area contributed by atoms with Crippen LogP contribution >= 0.6 is 0 Å². The van der Waals surface area contributed by atoms with Gasteiger partial charge >= 0.3 is 0 Å². The predicted molar refractivity (Wildman–Crippen MR) is 88.7 cm³/mol. The Bertz CT molecular complexity index is 709. The van der Waals surface area contributed by atoms with E-state index in [0.717, 1.165) is 12.0 Å². The highest BCUT2D eigenvalue weighted by molar-refractivity contribution is 7.88. The molecular formula is C16H23N3O4S. The number of β-amino-alcohol motifs (C(OH)–C–C–N with tert-alkyl or cyclic N) is 1. The van der Waals surface area contributed by atoms with Crippen molar-refractivity contribution in [1.82, 2.24) is 14.2 Å². The van der Waals surface area contributed by atoms with Crippen LogP contribution in [0.1, 0.15) is 24.8 Å². The molecule has 3 heterocycles. The van der Waals surface area contributed by atoms with E-state index in [-0.39, 0.29) is 18.9 Å². The van der Waals surface area contributed by atoms with Crippen LogP contribution in [-0.4, -0.2) is 71.2 Å². The molecule has 0 bridgehead atoms. The molecule has 2 saturated heterocycles. The number of rotatable bonds is 3. The number of likely N-dealkylation sites (tertiary alicyclic amines) is 1. The van der Waals surface area contributed by atoms with Gasteiger partial charge in [0.2, 0.25) is 15.9 Å². The molecule has 0 unspecified atom stereocenters. The highest BCUT2D eigenvalue weighted by atomic mass is 32.2. The van der Waals surface area contributed by atoms with Gasteiger partial charge in [0.15, 0.2) is 0 Å². The lowest BCUT2D eigenvalue weighted by Crippen LogP contribution is -2.63. The van der Waals surface area contributed by atoms with Crippen LogP contribution in [0.5, 0.6) is 0 Å². The van der Waals surface area contributed by atoms with E-state index < -0.39 is 21.7 Å². The first kappa shape index (κ1) is 17.3. The normalized spacial score (nSPS) is 28.4. The summed E-state index contributed by atoms with van der Waals surface area (Å²) in [7, 11) is -3.37. The molecule has 1 spiro atoms. The number of nitrogens with zero attached hydrogens (tertiary/aromatic N) is 3. The minimum atomic E-state index is -3.37. The molecule has 0 radical (unpaired) electrons. The standard InChI is InChI=1S/C16H23N3O4S/c1-24(22,23)19-8-3-5-16(19)6-9-18(12-14(16)20)15(21)10-13-4-2-7-17-11-13/h2,4,7,11,14,20H,3,5-6,8-10,12H2,1H3/t14-,16-/m0/s1. The van der Waals surface area contributed by atoms with Gasteiger partial charge in [-0.05, 0) is 30.9 Å². The minimum Gasteiger partial charge on any atom is -0.389 e. The highest BCUT2D eigenvalue weighted by Crippen LogP contribution is 2.40. The number of sulfonamides is 1. The van der Waals surface area contributed by atoms with E-state index in [9.17, 15) is 18.3 Å². The lowest BCUT2D eigenvalue weighted by Gasteiger charge is -2.47. The molecule has 1 amide bonds. The molecule has 3 rings (SSSR count). The van der Waals surface area contributed by atoms with Crippen molar-refractivity contribution in [2.24, 2.45) is 0 Å². The monoisotopic (exact) mass is 353 g/mol. The Labute approximate surface area is 142 Å². The number of carbonyl (C=O) groups is 1. The number of hydrogen-bond donors (Lipinski definition) is 1. The molecule has 1 aromatic heterocycles.